The molecular weight excluding hydrogens is 212 g/mol. The van der Waals surface area contributed by atoms with Gasteiger partial charge in [0.25, 0.3) is 0 Å². The summed E-state index contributed by atoms with van der Waals surface area (Å²) >= 11 is 0. The predicted molar refractivity (Wildman–Crippen MR) is 68.7 cm³/mol. The molecule has 1 aromatic rings. The van der Waals surface area contributed by atoms with E-state index in [4.69, 9.17) is 4.74 Å². The zero-order valence-electron chi connectivity index (χ0n) is 10.4. The third-order valence-corrected chi connectivity index (χ3v) is 3.30. The van der Waals surface area contributed by atoms with E-state index in [2.05, 4.69) is 16.4 Å². The molecule has 94 valence electrons. The van der Waals surface area contributed by atoms with Gasteiger partial charge in [-0.1, -0.05) is 18.9 Å². The molecule has 1 aromatic heterocycles. The maximum Gasteiger partial charge on any atom is 0.0591 e. The van der Waals surface area contributed by atoms with Crippen LogP contribution in [-0.4, -0.2) is 24.7 Å². The van der Waals surface area contributed by atoms with Crippen LogP contribution >= 0.6 is 0 Å². The smallest absolute Gasteiger partial charge is 0.0591 e. The molecule has 1 saturated carbocycles. The summed E-state index contributed by atoms with van der Waals surface area (Å²) in [6, 6.07) is 4.05. The largest absolute Gasteiger partial charge is 0.380 e. The molecule has 0 unspecified atom stereocenters. The monoisotopic (exact) mass is 234 g/mol. The molecule has 1 fully saturated rings. The van der Waals surface area contributed by atoms with Crippen LogP contribution in [0, 0.1) is 5.92 Å². The fourth-order valence-electron chi connectivity index (χ4n) is 2.31. The van der Waals surface area contributed by atoms with Crippen LogP contribution in [0.25, 0.3) is 0 Å². The van der Waals surface area contributed by atoms with Gasteiger partial charge in [0.05, 0.1) is 6.61 Å². The SMILES string of the molecule is c1cncc(CNCCOCC2CCCC2)c1. The van der Waals surface area contributed by atoms with Crippen molar-refractivity contribution in [3.05, 3.63) is 30.1 Å². The first-order valence-electron chi connectivity index (χ1n) is 6.62. The van der Waals surface area contributed by atoms with Crippen molar-refractivity contribution in [1.82, 2.24) is 10.3 Å². The standard InChI is InChI=1S/C14H22N2O/c1-2-5-13(4-1)12-17-9-8-16-11-14-6-3-7-15-10-14/h3,6-7,10,13,16H,1-2,4-5,8-9,11-12H2. The van der Waals surface area contributed by atoms with E-state index >= 15 is 0 Å². The molecule has 3 heteroatoms. The van der Waals surface area contributed by atoms with Crippen molar-refractivity contribution in [3.63, 3.8) is 0 Å². The summed E-state index contributed by atoms with van der Waals surface area (Å²) in [4.78, 5) is 4.08. The molecule has 1 heterocycles. The fraction of sp³-hybridized carbons (Fsp3) is 0.643. The van der Waals surface area contributed by atoms with E-state index in [-0.39, 0.29) is 0 Å². The second kappa shape index (κ2) is 7.41. The normalized spacial score (nSPS) is 16.5. The molecule has 0 aromatic carbocycles. The molecule has 0 aliphatic heterocycles. The maximum absolute atomic E-state index is 5.68. The highest BCUT2D eigenvalue weighted by atomic mass is 16.5. The van der Waals surface area contributed by atoms with E-state index in [1.807, 2.05) is 12.3 Å². The minimum absolute atomic E-state index is 0.816. The Morgan fingerprint density at radius 2 is 2.24 bits per heavy atom. The topological polar surface area (TPSA) is 34.2 Å². The molecule has 0 spiro atoms. The van der Waals surface area contributed by atoms with Crippen LogP contribution in [0.15, 0.2) is 24.5 Å². The number of nitrogens with one attached hydrogen (secondary N) is 1. The molecule has 1 N–H and O–H groups in total. The van der Waals surface area contributed by atoms with Crippen LogP contribution < -0.4 is 5.32 Å². The lowest BCUT2D eigenvalue weighted by atomic mass is 10.1. The van der Waals surface area contributed by atoms with Gasteiger partial charge in [0.1, 0.15) is 0 Å². The van der Waals surface area contributed by atoms with Crippen molar-refractivity contribution in [3.8, 4) is 0 Å². The Morgan fingerprint density at radius 1 is 1.35 bits per heavy atom. The Labute approximate surface area is 104 Å². The van der Waals surface area contributed by atoms with Crippen LogP contribution in [0.3, 0.4) is 0 Å². The highest BCUT2D eigenvalue weighted by molar-refractivity contribution is 5.07. The molecule has 1 aliphatic rings. The Balaban J connectivity index is 1.46. The van der Waals surface area contributed by atoms with Gasteiger partial charge in [-0.2, -0.15) is 0 Å². The first kappa shape index (κ1) is 12.5. The number of ether oxygens (including phenoxy) is 1. The van der Waals surface area contributed by atoms with E-state index in [1.54, 1.807) is 6.20 Å². The van der Waals surface area contributed by atoms with Crippen molar-refractivity contribution in [2.24, 2.45) is 5.92 Å². The van der Waals surface area contributed by atoms with Crippen molar-refractivity contribution in [2.45, 2.75) is 32.2 Å². The summed E-state index contributed by atoms with van der Waals surface area (Å²) in [6.45, 7) is 3.56. The predicted octanol–water partition coefficient (Wildman–Crippen LogP) is 2.38. The molecule has 2 rings (SSSR count). The summed E-state index contributed by atoms with van der Waals surface area (Å²) in [5.74, 6) is 0.827. The third-order valence-electron chi connectivity index (χ3n) is 3.30. The summed E-state index contributed by atoms with van der Waals surface area (Å²) < 4.78 is 5.68. The molecule has 0 amide bonds. The maximum atomic E-state index is 5.68. The highest BCUT2D eigenvalue weighted by Gasteiger charge is 2.14. The van der Waals surface area contributed by atoms with E-state index in [9.17, 15) is 0 Å². The molecule has 0 atom stereocenters. The molecule has 0 bridgehead atoms. The van der Waals surface area contributed by atoms with Crippen molar-refractivity contribution in [1.29, 1.82) is 0 Å². The van der Waals surface area contributed by atoms with Gasteiger partial charge in [0, 0.05) is 32.1 Å². The van der Waals surface area contributed by atoms with Gasteiger partial charge in [-0.05, 0) is 30.4 Å². The van der Waals surface area contributed by atoms with Crippen LogP contribution in [0.5, 0.6) is 0 Å². The van der Waals surface area contributed by atoms with E-state index < -0.39 is 0 Å². The van der Waals surface area contributed by atoms with Crippen LogP contribution in [0.1, 0.15) is 31.2 Å². The average Bonchev–Trinajstić information content (AvgIpc) is 2.88. The van der Waals surface area contributed by atoms with Gasteiger partial charge < -0.3 is 10.1 Å². The van der Waals surface area contributed by atoms with Crippen LogP contribution in [-0.2, 0) is 11.3 Å². The second-order valence-corrected chi connectivity index (χ2v) is 4.76. The average molecular weight is 234 g/mol. The minimum Gasteiger partial charge on any atom is -0.380 e. The van der Waals surface area contributed by atoms with E-state index in [1.165, 1.54) is 31.2 Å². The zero-order valence-corrected chi connectivity index (χ0v) is 10.4. The molecular formula is C14H22N2O. The number of rotatable bonds is 7. The summed E-state index contributed by atoms with van der Waals surface area (Å²) in [7, 11) is 0. The Bertz CT molecular complexity index is 296. The van der Waals surface area contributed by atoms with Crippen molar-refractivity contribution in [2.75, 3.05) is 19.8 Å². The highest BCUT2D eigenvalue weighted by Crippen LogP contribution is 2.24. The van der Waals surface area contributed by atoms with Gasteiger partial charge in [-0.25, -0.2) is 0 Å². The van der Waals surface area contributed by atoms with Crippen molar-refractivity contribution < 1.29 is 4.74 Å². The Kier molecular flexibility index (Phi) is 5.46. The molecule has 0 saturated heterocycles. The molecule has 0 radical (unpaired) electrons. The van der Waals surface area contributed by atoms with Crippen LogP contribution in [0.4, 0.5) is 0 Å². The Hall–Kier alpha value is -0.930. The lowest BCUT2D eigenvalue weighted by molar-refractivity contribution is 0.103. The van der Waals surface area contributed by atoms with Gasteiger partial charge >= 0.3 is 0 Å². The lowest BCUT2D eigenvalue weighted by Gasteiger charge is -2.10. The molecule has 3 nitrogen and oxygen atoms in total. The Morgan fingerprint density at radius 3 is 3.00 bits per heavy atom. The number of aromatic nitrogens is 1. The summed E-state index contributed by atoms with van der Waals surface area (Å²) in [6.07, 6.45) is 9.22. The first-order valence-corrected chi connectivity index (χ1v) is 6.62. The van der Waals surface area contributed by atoms with Gasteiger partial charge in [0.15, 0.2) is 0 Å². The lowest BCUT2D eigenvalue weighted by Crippen LogP contribution is -2.20. The minimum atomic E-state index is 0.816. The van der Waals surface area contributed by atoms with Gasteiger partial charge in [-0.15, -0.1) is 0 Å². The number of pyridine rings is 1. The van der Waals surface area contributed by atoms with E-state index in [0.717, 1.165) is 32.2 Å². The summed E-state index contributed by atoms with van der Waals surface area (Å²) in [5, 5.41) is 3.36. The van der Waals surface area contributed by atoms with Gasteiger partial charge in [-0.3, -0.25) is 4.98 Å². The van der Waals surface area contributed by atoms with Crippen LogP contribution in [0.2, 0.25) is 0 Å². The summed E-state index contributed by atoms with van der Waals surface area (Å²) in [5.41, 5.74) is 1.23. The van der Waals surface area contributed by atoms with Gasteiger partial charge in [0.2, 0.25) is 0 Å². The number of hydrogen-bond donors (Lipinski definition) is 1. The zero-order chi connectivity index (χ0) is 11.8. The van der Waals surface area contributed by atoms with E-state index in [0.29, 0.717) is 0 Å². The second-order valence-electron chi connectivity index (χ2n) is 4.76. The number of nitrogens with zero attached hydrogens (tertiary/aromatic N) is 1. The quantitative estimate of drug-likeness (QED) is 0.735. The molecule has 1 aliphatic carbocycles. The third kappa shape index (κ3) is 4.84. The number of hydrogen-bond acceptors (Lipinski definition) is 3. The fourth-order valence-corrected chi connectivity index (χ4v) is 2.31. The molecule has 17 heavy (non-hydrogen) atoms. The van der Waals surface area contributed by atoms with Crippen molar-refractivity contribution >= 4 is 0 Å². The first-order chi connectivity index (χ1) is 8.45.